The van der Waals surface area contributed by atoms with Crippen molar-refractivity contribution in [2.45, 2.75) is 13.5 Å². The van der Waals surface area contributed by atoms with Gasteiger partial charge in [-0.25, -0.2) is 0 Å². The Labute approximate surface area is 115 Å². The number of nitrogens with zero attached hydrogens (tertiary/aromatic N) is 4. The van der Waals surface area contributed by atoms with Crippen LogP contribution >= 0.6 is 11.6 Å². The highest BCUT2D eigenvalue weighted by Gasteiger charge is 2.08. The van der Waals surface area contributed by atoms with Crippen LogP contribution in [0.25, 0.3) is 5.69 Å². The summed E-state index contributed by atoms with van der Waals surface area (Å²) in [5.74, 6) is 0.355. The molecule has 7 heteroatoms. The second-order valence-electron chi connectivity index (χ2n) is 3.70. The Balaban J connectivity index is 2.13. The maximum absolute atomic E-state index is 11.3. The quantitative estimate of drug-likeness (QED) is 0.860. The van der Waals surface area contributed by atoms with Gasteiger partial charge < -0.3 is 5.32 Å². The molecule has 0 saturated heterocycles. The number of tetrazole rings is 1. The van der Waals surface area contributed by atoms with E-state index in [1.54, 1.807) is 41.9 Å². The first-order chi connectivity index (χ1) is 9.20. The molecule has 1 aromatic heterocycles. The summed E-state index contributed by atoms with van der Waals surface area (Å²) in [6.45, 7) is 2.02. The topological polar surface area (TPSA) is 72.7 Å². The van der Waals surface area contributed by atoms with Crippen molar-refractivity contribution in [2.75, 3.05) is 0 Å². The Morgan fingerprint density at radius 2 is 2.16 bits per heavy atom. The van der Waals surface area contributed by atoms with Crippen LogP contribution in [0.5, 0.6) is 0 Å². The van der Waals surface area contributed by atoms with Crippen LogP contribution in [0.4, 0.5) is 0 Å². The summed E-state index contributed by atoms with van der Waals surface area (Å²) in [6, 6.07) is 7.10. The van der Waals surface area contributed by atoms with E-state index in [4.69, 9.17) is 11.6 Å². The number of carbonyl (C=O) groups is 1. The molecule has 2 rings (SSSR count). The van der Waals surface area contributed by atoms with Crippen LogP contribution in [0.2, 0.25) is 5.02 Å². The maximum Gasteiger partial charge on any atom is 0.244 e. The number of rotatable bonds is 4. The van der Waals surface area contributed by atoms with Crippen molar-refractivity contribution in [1.29, 1.82) is 0 Å². The van der Waals surface area contributed by atoms with Gasteiger partial charge in [0.05, 0.1) is 12.2 Å². The molecule has 1 amide bonds. The minimum Gasteiger partial charge on any atom is -0.345 e. The van der Waals surface area contributed by atoms with E-state index in [-0.39, 0.29) is 12.5 Å². The molecule has 0 unspecified atom stereocenters. The van der Waals surface area contributed by atoms with Crippen molar-refractivity contribution in [3.8, 4) is 5.69 Å². The zero-order chi connectivity index (χ0) is 13.7. The van der Waals surface area contributed by atoms with E-state index >= 15 is 0 Å². The number of allylic oxidation sites excluding steroid dienone is 1. The normalized spacial score (nSPS) is 10.8. The number of hydrogen-bond donors (Lipinski definition) is 1. The number of halogens is 1. The zero-order valence-electron chi connectivity index (χ0n) is 10.2. The van der Waals surface area contributed by atoms with Gasteiger partial charge in [-0.15, -0.1) is 5.10 Å². The number of aromatic nitrogens is 4. The van der Waals surface area contributed by atoms with E-state index in [0.717, 1.165) is 5.69 Å². The lowest BCUT2D eigenvalue weighted by atomic mass is 10.3. The van der Waals surface area contributed by atoms with Crippen LogP contribution in [0, 0.1) is 0 Å². The Morgan fingerprint density at radius 3 is 2.84 bits per heavy atom. The van der Waals surface area contributed by atoms with Crippen molar-refractivity contribution in [3.63, 3.8) is 0 Å². The molecule has 2 aromatic rings. The largest absolute Gasteiger partial charge is 0.345 e. The van der Waals surface area contributed by atoms with Gasteiger partial charge in [0.25, 0.3) is 0 Å². The van der Waals surface area contributed by atoms with Gasteiger partial charge in [-0.3, -0.25) is 4.79 Å². The third kappa shape index (κ3) is 3.38. The predicted octanol–water partition coefficient (Wildman–Crippen LogP) is 1.51. The molecule has 98 valence electrons. The van der Waals surface area contributed by atoms with Crippen LogP contribution in [0.1, 0.15) is 12.7 Å². The molecular formula is C12H12ClN5O. The highest BCUT2D eigenvalue weighted by atomic mass is 35.5. The SMILES string of the molecule is C/C=C/C(=O)NCc1nnnn1-c1ccc(Cl)cc1. The molecule has 0 aliphatic rings. The molecule has 19 heavy (non-hydrogen) atoms. The summed E-state index contributed by atoms with van der Waals surface area (Å²) < 4.78 is 1.55. The minimum atomic E-state index is -0.187. The third-order valence-electron chi connectivity index (χ3n) is 2.34. The lowest BCUT2D eigenvalue weighted by Gasteiger charge is -2.05. The van der Waals surface area contributed by atoms with Gasteiger partial charge in [-0.05, 0) is 47.7 Å². The van der Waals surface area contributed by atoms with Gasteiger partial charge in [0.1, 0.15) is 0 Å². The molecule has 0 fully saturated rings. The minimum absolute atomic E-state index is 0.187. The van der Waals surface area contributed by atoms with E-state index in [2.05, 4.69) is 20.8 Å². The highest BCUT2D eigenvalue weighted by molar-refractivity contribution is 6.30. The first-order valence-electron chi connectivity index (χ1n) is 5.64. The average Bonchev–Trinajstić information content (AvgIpc) is 2.86. The molecule has 0 atom stereocenters. The Kier molecular flexibility index (Phi) is 4.25. The van der Waals surface area contributed by atoms with E-state index in [0.29, 0.717) is 10.8 Å². The smallest absolute Gasteiger partial charge is 0.244 e. The number of nitrogens with one attached hydrogen (secondary N) is 1. The molecule has 1 N–H and O–H groups in total. The Morgan fingerprint density at radius 1 is 1.42 bits per heavy atom. The van der Waals surface area contributed by atoms with Gasteiger partial charge in [-0.2, -0.15) is 4.68 Å². The fourth-order valence-electron chi connectivity index (χ4n) is 1.48. The molecule has 1 aromatic carbocycles. The molecule has 0 radical (unpaired) electrons. The lowest BCUT2D eigenvalue weighted by Crippen LogP contribution is -2.22. The number of amides is 1. The maximum atomic E-state index is 11.3. The average molecular weight is 278 g/mol. The molecule has 0 aliphatic carbocycles. The monoisotopic (exact) mass is 277 g/mol. The summed E-state index contributed by atoms with van der Waals surface area (Å²) in [5.41, 5.74) is 0.782. The number of benzene rings is 1. The van der Waals surface area contributed by atoms with Gasteiger partial charge in [0, 0.05) is 5.02 Å². The van der Waals surface area contributed by atoms with E-state index in [1.165, 1.54) is 6.08 Å². The zero-order valence-corrected chi connectivity index (χ0v) is 11.0. The standard InChI is InChI=1S/C12H12ClN5O/c1-2-3-12(19)14-8-11-15-16-17-18(11)10-6-4-9(13)5-7-10/h2-7H,8H2,1H3,(H,14,19)/b3-2+. The summed E-state index contributed by atoms with van der Waals surface area (Å²) in [5, 5.41) is 14.7. The van der Waals surface area contributed by atoms with Crippen molar-refractivity contribution in [2.24, 2.45) is 0 Å². The first-order valence-corrected chi connectivity index (χ1v) is 6.02. The van der Waals surface area contributed by atoms with Gasteiger partial charge in [-0.1, -0.05) is 17.7 Å². The second kappa shape index (κ2) is 6.10. The van der Waals surface area contributed by atoms with Gasteiger partial charge in [0.15, 0.2) is 5.82 Å². The van der Waals surface area contributed by atoms with Crippen LogP contribution in [-0.2, 0) is 11.3 Å². The molecule has 0 spiro atoms. The lowest BCUT2D eigenvalue weighted by molar-refractivity contribution is -0.116. The van der Waals surface area contributed by atoms with Crippen LogP contribution < -0.4 is 5.32 Å². The molecule has 1 heterocycles. The number of carbonyl (C=O) groups excluding carboxylic acids is 1. The Bertz CT molecular complexity index is 590. The summed E-state index contributed by atoms with van der Waals surface area (Å²) >= 11 is 5.82. The summed E-state index contributed by atoms with van der Waals surface area (Å²) in [6.07, 6.45) is 3.11. The van der Waals surface area contributed by atoms with Crippen LogP contribution in [0.3, 0.4) is 0 Å². The highest BCUT2D eigenvalue weighted by Crippen LogP contribution is 2.13. The van der Waals surface area contributed by atoms with Crippen molar-refractivity contribution >= 4 is 17.5 Å². The fourth-order valence-corrected chi connectivity index (χ4v) is 1.60. The van der Waals surface area contributed by atoms with E-state index in [1.807, 2.05) is 0 Å². The van der Waals surface area contributed by atoms with E-state index in [9.17, 15) is 4.79 Å². The van der Waals surface area contributed by atoms with Crippen LogP contribution in [-0.4, -0.2) is 26.1 Å². The fraction of sp³-hybridized carbons (Fsp3) is 0.167. The second-order valence-corrected chi connectivity index (χ2v) is 4.14. The summed E-state index contributed by atoms with van der Waals surface area (Å²) in [4.78, 5) is 11.3. The van der Waals surface area contributed by atoms with Gasteiger partial charge >= 0.3 is 0 Å². The van der Waals surface area contributed by atoms with Crippen molar-refractivity contribution < 1.29 is 4.79 Å². The van der Waals surface area contributed by atoms with Crippen LogP contribution in [0.15, 0.2) is 36.4 Å². The molecule has 0 bridgehead atoms. The third-order valence-corrected chi connectivity index (χ3v) is 2.60. The van der Waals surface area contributed by atoms with Crippen molar-refractivity contribution in [1.82, 2.24) is 25.5 Å². The molecule has 0 aliphatic heterocycles. The van der Waals surface area contributed by atoms with Gasteiger partial charge in [0.2, 0.25) is 5.91 Å². The molecule has 0 saturated carbocycles. The van der Waals surface area contributed by atoms with E-state index < -0.39 is 0 Å². The number of hydrogen-bond acceptors (Lipinski definition) is 4. The molecular weight excluding hydrogens is 266 g/mol. The van der Waals surface area contributed by atoms with Crippen molar-refractivity contribution in [3.05, 3.63) is 47.3 Å². The predicted molar refractivity (Wildman–Crippen MR) is 70.8 cm³/mol. The summed E-state index contributed by atoms with van der Waals surface area (Å²) in [7, 11) is 0. The first kappa shape index (κ1) is 13.2. The Hall–Kier alpha value is -2.21. The molecule has 6 nitrogen and oxygen atoms in total.